The van der Waals surface area contributed by atoms with Gasteiger partial charge in [0, 0.05) is 0 Å². The van der Waals surface area contributed by atoms with Crippen molar-refractivity contribution in [2.45, 2.75) is 20.0 Å². The first-order valence-electron chi connectivity index (χ1n) is 5.20. The fraction of sp³-hybridized carbons (Fsp3) is 0.417. The topological polar surface area (TPSA) is 57.5 Å². The van der Waals surface area contributed by atoms with Crippen molar-refractivity contribution in [3.63, 3.8) is 0 Å². The van der Waals surface area contributed by atoms with Gasteiger partial charge in [0.1, 0.15) is 5.82 Å². The van der Waals surface area contributed by atoms with E-state index in [1.165, 1.54) is 18.2 Å². The quantitative estimate of drug-likeness (QED) is 0.899. The predicted molar refractivity (Wildman–Crippen MR) is 65.0 cm³/mol. The Morgan fingerprint density at radius 1 is 1.41 bits per heavy atom. The Bertz CT molecular complexity index is 420. The third-order valence-corrected chi connectivity index (χ3v) is 3.24. The average molecular weight is 305 g/mol. The zero-order valence-electron chi connectivity index (χ0n) is 9.52. The number of aliphatic hydroxyl groups is 1. The van der Waals surface area contributed by atoms with Crippen LogP contribution in [0.4, 0.5) is 4.39 Å². The van der Waals surface area contributed by atoms with Crippen LogP contribution in [0.25, 0.3) is 0 Å². The molecule has 0 aliphatic heterocycles. The second kappa shape index (κ2) is 5.60. The standard InChI is InChI=1S/C12H14BrFO3/c1-6(2)10(12(16)17)11(15)7-3-4-9(14)8(13)5-7/h3-6,10-11,15H,1-2H3,(H,16,17). The van der Waals surface area contributed by atoms with E-state index in [4.69, 9.17) is 5.11 Å². The number of aliphatic hydroxyl groups excluding tert-OH is 1. The van der Waals surface area contributed by atoms with Crippen LogP contribution in [0.15, 0.2) is 22.7 Å². The lowest BCUT2D eigenvalue weighted by Crippen LogP contribution is -2.26. The molecule has 0 saturated heterocycles. The zero-order valence-corrected chi connectivity index (χ0v) is 11.1. The van der Waals surface area contributed by atoms with Gasteiger partial charge in [-0.05, 0) is 39.5 Å². The molecular formula is C12H14BrFO3. The van der Waals surface area contributed by atoms with E-state index in [-0.39, 0.29) is 10.4 Å². The number of benzene rings is 1. The molecule has 0 saturated carbocycles. The molecule has 0 aromatic heterocycles. The largest absolute Gasteiger partial charge is 0.481 e. The molecule has 2 unspecified atom stereocenters. The van der Waals surface area contributed by atoms with Gasteiger partial charge >= 0.3 is 5.97 Å². The Kier molecular flexibility index (Phi) is 4.65. The minimum atomic E-state index is -1.15. The second-order valence-corrected chi connectivity index (χ2v) is 5.08. The van der Waals surface area contributed by atoms with Crippen LogP contribution in [0.2, 0.25) is 0 Å². The van der Waals surface area contributed by atoms with Gasteiger partial charge in [-0.15, -0.1) is 0 Å². The van der Waals surface area contributed by atoms with E-state index in [1.54, 1.807) is 13.8 Å². The molecule has 0 radical (unpaired) electrons. The van der Waals surface area contributed by atoms with Crippen molar-refractivity contribution in [3.8, 4) is 0 Å². The molecule has 1 aromatic carbocycles. The molecule has 3 nitrogen and oxygen atoms in total. The molecule has 2 N–H and O–H groups in total. The number of hydrogen-bond donors (Lipinski definition) is 2. The average Bonchev–Trinajstić information content (AvgIpc) is 2.20. The molecule has 0 spiro atoms. The summed E-state index contributed by atoms with van der Waals surface area (Å²) >= 11 is 3.00. The van der Waals surface area contributed by atoms with Crippen molar-refractivity contribution in [2.24, 2.45) is 11.8 Å². The normalized spacial score (nSPS) is 14.7. The lowest BCUT2D eigenvalue weighted by atomic mass is 9.86. The number of hydrogen-bond acceptors (Lipinski definition) is 2. The summed E-state index contributed by atoms with van der Waals surface area (Å²) in [6.07, 6.45) is -1.15. The number of carbonyl (C=O) groups is 1. The van der Waals surface area contributed by atoms with Crippen LogP contribution in [0, 0.1) is 17.7 Å². The number of carboxylic acid groups (broad SMARTS) is 1. The van der Waals surface area contributed by atoms with Crippen molar-refractivity contribution < 1.29 is 19.4 Å². The summed E-state index contributed by atoms with van der Waals surface area (Å²) in [4.78, 5) is 11.1. The van der Waals surface area contributed by atoms with Crippen LogP contribution >= 0.6 is 15.9 Å². The summed E-state index contributed by atoms with van der Waals surface area (Å²) in [6, 6.07) is 3.99. The molecule has 1 rings (SSSR count). The number of rotatable bonds is 4. The molecule has 0 aliphatic carbocycles. The van der Waals surface area contributed by atoms with E-state index < -0.39 is 23.8 Å². The molecule has 17 heavy (non-hydrogen) atoms. The zero-order chi connectivity index (χ0) is 13.2. The van der Waals surface area contributed by atoms with Gasteiger partial charge < -0.3 is 10.2 Å². The molecule has 0 fully saturated rings. The Hall–Kier alpha value is -0.940. The highest BCUT2D eigenvalue weighted by molar-refractivity contribution is 9.10. The molecule has 0 amide bonds. The molecule has 94 valence electrons. The van der Waals surface area contributed by atoms with E-state index in [2.05, 4.69) is 15.9 Å². The number of halogens is 2. The van der Waals surface area contributed by atoms with Gasteiger partial charge in [0.15, 0.2) is 0 Å². The van der Waals surface area contributed by atoms with Gasteiger partial charge in [-0.25, -0.2) is 4.39 Å². The number of carboxylic acids is 1. The first kappa shape index (κ1) is 14.1. The summed E-state index contributed by atoms with van der Waals surface area (Å²) in [5.74, 6) is -2.64. The fourth-order valence-electron chi connectivity index (χ4n) is 1.69. The highest BCUT2D eigenvalue weighted by Gasteiger charge is 2.30. The van der Waals surface area contributed by atoms with E-state index >= 15 is 0 Å². The maximum atomic E-state index is 13.0. The van der Waals surface area contributed by atoms with Crippen molar-refractivity contribution in [1.82, 2.24) is 0 Å². The van der Waals surface area contributed by atoms with Gasteiger partial charge in [-0.3, -0.25) is 4.79 Å². The summed E-state index contributed by atoms with van der Waals surface area (Å²) in [5, 5.41) is 19.1. The minimum Gasteiger partial charge on any atom is -0.481 e. The third kappa shape index (κ3) is 3.26. The highest BCUT2D eigenvalue weighted by atomic mass is 79.9. The molecule has 2 atom stereocenters. The highest BCUT2D eigenvalue weighted by Crippen LogP contribution is 2.30. The van der Waals surface area contributed by atoms with Crippen LogP contribution in [0.3, 0.4) is 0 Å². The second-order valence-electron chi connectivity index (χ2n) is 4.23. The lowest BCUT2D eigenvalue weighted by molar-refractivity contribution is -0.148. The van der Waals surface area contributed by atoms with Crippen LogP contribution in [0.1, 0.15) is 25.5 Å². The van der Waals surface area contributed by atoms with Gasteiger partial charge in [-0.2, -0.15) is 0 Å². The summed E-state index contributed by atoms with van der Waals surface area (Å²) in [7, 11) is 0. The molecule has 0 aliphatic rings. The Labute approximate surface area is 107 Å². The molecule has 5 heteroatoms. The number of aliphatic carboxylic acids is 1. The van der Waals surface area contributed by atoms with Gasteiger partial charge in [-0.1, -0.05) is 19.9 Å². The van der Waals surface area contributed by atoms with Crippen molar-refractivity contribution in [3.05, 3.63) is 34.1 Å². The molecule has 0 bridgehead atoms. The smallest absolute Gasteiger partial charge is 0.309 e. The van der Waals surface area contributed by atoms with Gasteiger partial charge in [0.2, 0.25) is 0 Å². The first-order valence-corrected chi connectivity index (χ1v) is 5.99. The maximum absolute atomic E-state index is 13.0. The van der Waals surface area contributed by atoms with Crippen LogP contribution in [-0.2, 0) is 4.79 Å². The molecular weight excluding hydrogens is 291 g/mol. The minimum absolute atomic E-state index is 0.210. The van der Waals surface area contributed by atoms with E-state index in [0.717, 1.165) is 0 Å². The first-order chi connectivity index (χ1) is 7.84. The lowest BCUT2D eigenvalue weighted by Gasteiger charge is -2.22. The Morgan fingerprint density at radius 2 is 2.00 bits per heavy atom. The maximum Gasteiger partial charge on any atom is 0.309 e. The van der Waals surface area contributed by atoms with Gasteiger partial charge in [0.05, 0.1) is 16.5 Å². The Balaban J connectivity index is 3.05. The monoisotopic (exact) mass is 304 g/mol. The SMILES string of the molecule is CC(C)C(C(=O)O)C(O)c1ccc(F)c(Br)c1. The van der Waals surface area contributed by atoms with E-state index in [9.17, 15) is 14.3 Å². The molecule has 1 aromatic rings. The van der Waals surface area contributed by atoms with Crippen molar-refractivity contribution in [2.75, 3.05) is 0 Å². The Morgan fingerprint density at radius 3 is 2.41 bits per heavy atom. The van der Waals surface area contributed by atoms with Crippen LogP contribution in [0.5, 0.6) is 0 Å². The molecule has 0 heterocycles. The van der Waals surface area contributed by atoms with Crippen LogP contribution < -0.4 is 0 Å². The van der Waals surface area contributed by atoms with Crippen LogP contribution in [-0.4, -0.2) is 16.2 Å². The van der Waals surface area contributed by atoms with Crippen molar-refractivity contribution >= 4 is 21.9 Å². The summed E-state index contributed by atoms with van der Waals surface area (Å²) in [5.41, 5.74) is 0.388. The summed E-state index contributed by atoms with van der Waals surface area (Å²) < 4.78 is 13.2. The third-order valence-electron chi connectivity index (χ3n) is 2.63. The fourth-order valence-corrected chi connectivity index (χ4v) is 2.08. The predicted octanol–water partition coefficient (Wildman–Crippen LogP) is 2.98. The van der Waals surface area contributed by atoms with Crippen molar-refractivity contribution in [1.29, 1.82) is 0 Å². The summed E-state index contributed by atoms with van der Waals surface area (Å²) in [6.45, 7) is 3.45. The van der Waals surface area contributed by atoms with E-state index in [0.29, 0.717) is 5.56 Å². The van der Waals surface area contributed by atoms with Gasteiger partial charge in [0.25, 0.3) is 0 Å². The van der Waals surface area contributed by atoms with E-state index in [1.807, 2.05) is 0 Å².